The van der Waals surface area contributed by atoms with E-state index in [-0.39, 0.29) is 5.92 Å². The maximum Gasteiger partial charge on any atom is 0.122 e. The first-order valence-corrected chi connectivity index (χ1v) is 7.03. The third kappa shape index (κ3) is 2.04. The highest BCUT2D eigenvalue weighted by Crippen LogP contribution is 2.42. The van der Waals surface area contributed by atoms with Crippen LogP contribution in [0, 0.1) is 6.92 Å². The van der Waals surface area contributed by atoms with Gasteiger partial charge in [0, 0.05) is 21.2 Å². The first-order valence-electron chi connectivity index (χ1n) is 6.22. The largest absolute Gasteiger partial charge is 0.493 e. The fourth-order valence-corrected chi connectivity index (χ4v) is 3.44. The zero-order valence-corrected chi connectivity index (χ0v) is 11.1. The molecule has 3 rings (SSSR count). The molecule has 2 nitrogen and oxygen atoms in total. The molecule has 1 aromatic carbocycles. The fourth-order valence-electron chi connectivity index (χ4n) is 2.51. The van der Waals surface area contributed by atoms with Gasteiger partial charge in [-0.3, -0.25) is 0 Å². The van der Waals surface area contributed by atoms with E-state index in [0.29, 0.717) is 6.61 Å². The average molecular weight is 260 g/mol. The lowest BCUT2D eigenvalue weighted by molar-refractivity contribution is 0.120. The molecule has 0 saturated carbocycles. The van der Waals surface area contributed by atoms with Gasteiger partial charge >= 0.3 is 0 Å². The summed E-state index contributed by atoms with van der Waals surface area (Å²) >= 11 is 1.67. The minimum Gasteiger partial charge on any atom is -0.493 e. The second-order valence-corrected chi connectivity index (χ2v) is 5.99. The maximum atomic E-state index is 10.6. The topological polar surface area (TPSA) is 29.5 Å². The van der Waals surface area contributed by atoms with Crippen molar-refractivity contribution in [3.8, 4) is 5.75 Å². The molecular formula is C15H16O2S. The molecule has 2 unspecified atom stereocenters. The van der Waals surface area contributed by atoms with Crippen molar-refractivity contribution < 1.29 is 9.84 Å². The predicted octanol–water partition coefficient (Wildman–Crippen LogP) is 3.66. The van der Waals surface area contributed by atoms with Crippen LogP contribution in [-0.4, -0.2) is 11.7 Å². The summed E-state index contributed by atoms with van der Waals surface area (Å²) in [5, 5.41) is 10.6. The van der Waals surface area contributed by atoms with Crippen molar-refractivity contribution in [2.75, 3.05) is 6.61 Å². The van der Waals surface area contributed by atoms with E-state index in [9.17, 15) is 5.11 Å². The molecule has 0 spiro atoms. The summed E-state index contributed by atoms with van der Waals surface area (Å²) in [7, 11) is 0. The Morgan fingerprint density at radius 2 is 2.11 bits per heavy atom. The van der Waals surface area contributed by atoms with Crippen molar-refractivity contribution in [3.63, 3.8) is 0 Å². The SMILES string of the molecule is Cc1ccc(C(O)C2CCOc3ccccc32)s1. The number of hydrogen-bond donors (Lipinski definition) is 1. The van der Waals surface area contributed by atoms with Crippen molar-refractivity contribution in [3.05, 3.63) is 51.7 Å². The van der Waals surface area contributed by atoms with Crippen LogP contribution in [0.4, 0.5) is 0 Å². The van der Waals surface area contributed by atoms with Gasteiger partial charge in [-0.25, -0.2) is 0 Å². The third-order valence-electron chi connectivity index (χ3n) is 3.44. The van der Waals surface area contributed by atoms with Crippen molar-refractivity contribution in [1.82, 2.24) is 0 Å². The molecule has 2 aromatic rings. The first kappa shape index (κ1) is 11.8. The molecule has 0 amide bonds. The van der Waals surface area contributed by atoms with Gasteiger partial charge in [0.05, 0.1) is 12.7 Å². The number of hydrogen-bond acceptors (Lipinski definition) is 3. The number of ether oxygens (including phenoxy) is 1. The molecule has 1 N–H and O–H groups in total. The van der Waals surface area contributed by atoms with Crippen LogP contribution in [0.2, 0.25) is 0 Å². The first-order chi connectivity index (χ1) is 8.75. The molecule has 0 fully saturated rings. The van der Waals surface area contributed by atoms with E-state index in [2.05, 4.69) is 19.1 Å². The summed E-state index contributed by atoms with van der Waals surface area (Å²) < 4.78 is 5.64. The molecule has 0 saturated heterocycles. The summed E-state index contributed by atoms with van der Waals surface area (Å²) in [4.78, 5) is 2.29. The Hall–Kier alpha value is -1.32. The van der Waals surface area contributed by atoms with Crippen molar-refractivity contribution >= 4 is 11.3 Å². The Morgan fingerprint density at radius 3 is 2.89 bits per heavy atom. The molecular weight excluding hydrogens is 244 g/mol. The van der Waals surface area contributed by atoms with Crippen molar-refractivity contribution in [2.24, 2.45) is 0 Å². The average Bonchev–Trinajstić information content (AvgIpc) is 2.84. The monoisotopic (exact) mass is 260 g/mol. The molecule has 0 aliphatic carbocycles. The zero-order chi connectivity index (χ0) is 12.5. The molecule has 2 atom stereocenters. The van der Waals surface area contributed by atoms with Gasteiger partial charge in [0.25, 0.3) is 0 Å². The summed E-state index contributed by atoms with van der Waals surface area (Å²) in [5.41, 5.74) is 1.13. The number of aryl methyl sites for hydroxylation is 1. The molecule has 1 aliphatic heterocycles. The van der Waals surface area contributed by atoms with E-state index in [0.717, 1.165) is 22.6 Å². The molecule has 2 heterocycles. The summed E-state index contributed by atoms with van der Waals surface area (Å²) in [6.07, 6.45) is 0.448. The van der Waals surface area contributed by atoms with Gasteiger partial charge in [-0.2, -0.15) is 0 Å². The molecule has 1 aromatic heterocycles. The quantitative estimate of drug-likeness (QED) is 0.893. The van der Waals surface area contributed by atoms with Crippen LogP contribution < -0.4 is 4.74 Å². The number of benzene rings is 1. The second-order valence-electron chi connectivity index (χ2n) is 4.67. The minimum absolute atomic E-state index is 0.146. The number of fused-ring (bicyclic) bond motifs is 1. The zero-order valence-electron chi connectivity index (χ0n) is 10.3. The van der Waals surface area contributed by atoms with Gasteiger partial charge < -0.3 is 9.84 Å². The number of thiophene rings is 1. The summed E-state index contributed by atoms with van der Waals surface area (Å²) in [6.45, 7) is 2.75. The van der Waals surface area contributed by atoms with Crippen molar-refractivity contribution in [1.29, 1.82) is 0 Å². The molecule has 94 valence electrons. The highest BCUT2D eigenvalue weighted by atomic mass is 32.1. The summed E-state index contributed by atoms with van der Waals surface area (Å²) in [5.74, 6) is 1.06. The van der Waals surface area contributed by atoms with Gasteiger partial charge in [0.15, 0.2) is 0 Å². The lowest BCUT2D eigenvalue weighted by Crippen LogP contribution is -2.19. The standard InChI is InChI=1S/C15H16O2S/c1-10-6-7-14(18-10)15(16)12-8-9-17-13-5-3-2-4-11(12)13/h2-7,12,15-16H,8-9H2,1H3. The van der Waals surface area contributed by atoms with Gasteiger partial charge in [-0.05, 0) is 31.5 Å². The minimum atomic E-state index is -0.422. The van der Waals surface area contributed by atoms with Crippen molar-refractivity contribution in [2.45, 2.75) is 25.4 Å². The van der Waals surface area contributed by atoms with Crippen LogP contribution in [-0.2, 0) is 0 Å². The maximum absolute atomic E-state index is 10.6. The van der Waals surface area contributed by atoms with Crippen LogP contribution in [0.25, 0.3) is 0 Å². The smallest absolute Gasteiger partial charge is 0.122 e. The number of rotatable bonds is 2. The van der Waals surface area contributed by atoms with E-state index < -0.39 is 6.10 Å². The Balaban J connectivity index is 1.94. The van der Waals surface area contributed by atoms with Crippen LogP contribution in [0.15, 0.2) is 36.4 Å². The van der Waals surface area contributed by atoms with Crippen LogP contribution in [0.1, 0.15) is 33.8 Å². The predicted molar refractivity (Wildman–Crippen MR) is 73.3 cm³/mol. The van der Waals surface area contributed by atoms with E-state index in [1.807, 2.05) is 24.3 Å². The van der Waals surface area contributed by atoms with Crippen LogP contribution >= 0.6 is 11.3 Å². The third-order valence-corrected chi connectivity index (χ3v) is 4.51. The van der Waals surface area contributed by atoms with Crippen LogP contribution in [0.3, 0.4) is 0 Å². The fraction of sp³-hybridized carbons (Fsp3) is 0.333. The molecule has 0 bridgehead atoms. The highest BCUT2D eigenvalue weighted by Gasteiger charge is 2.29. The van der Waals surface area contributed by atoms with E-state index >= 15 is 0 Å². The Morgan fingerprint density at radius 1 is 1.28 bits per heavy atom. The molecule has 18 heavy (non-hydrogen) atoms. The lowest BCUT2D eigenvalue weighted by Gasteiger charge is -2.29. The van der Waals surface area contributed by atoms with Gasteiger partial charge in [-0.1, -0.05) is 18.2 Å². The number of aliphatic hydroxyl groups excluding tert-OH is 1. The van der Waals surface area contributed by atoms with E-state index in [4.69, 9.17) is 4.74 Å². The Bertz CT molecular complexity index is 547. The number of aliphatic hydroxyl groups is 1. The van der Waals surface area contributed by atoms with E-state index in [1.165, 1.54) is 4.88 Å². The van der Waals surface area contributed by atoms with Gasteiger partial charge in [0.1, 0.15) is 5.75 Å². The van der Waals surface area contributed by atoms with Gasteiger partial charge in [-0.15, -0.1) is 11.3 Å². The normalized spacial score (nSPS) is 20.0. The van der Waals surface area contributed by atoms with Crippen LogP contribution in [0.5, 0.6) is 5.75 Å². The molecule has 0 radical (unpaired) electrons. The molecule has 1 aliphatic rings. The van der Waals surface area contributed by atoms with E-state index in [1.54, 1.807) is 11.3 Å². The lowest BCUT2D eigenvalue weighted by atomic mass is 9.87. The highest BCUT2D eigenvalue weighted by molar-refractivity contribution is 7.12. The van der Waals surface area contributed by atoms with Gasteiger partial charge in [0.2, 0.25) is 0 Å². The molecule has 3 heteroatoms. The summed E-state index contributed by atoms with van der Waals surface area (Å²) in [6, 6.07) is 12.1. The second kappa shape index (κ2) is 4.75. The Kier molecular flexibility index (Phi) is 3.10. The number of para-hydroxylation sites is 1. The Labute approximate surface area is 111 Å².